The van der Waals surface area contributed by atoms with Crippen molar-refractivity contribution in [2.24, 2.45) is 5.41 Å². The zero-order valence-corrected chi connectivity index (χ0v) is 12.8. The molecule has 0 bridgehead atoms. The van der Waals surface area contributed by atoms with Crippen molar-refractivity contribution < 1.29 is 0 Å². The van der Waals surface area contributed by atoms with Gasteiger partial charge in [-0.15, -0.1) is 11.3 Å². The second-order valence-electron chi connectivity index (χ2n) is 5.01. The molecule has 0 aliphatic carbocycles. The fraction of sp³-hybridized carbons (Fsp3) is 0.692. The molecule has 0 saturated carbocycles. The van der Waals surface area contributed by atoms with Crippen molar-refractivity contribution in [2.45, 2.75) is 32.7 Å². The smallest absolute Gasteiger partial charge is 0.0300 e. The van der Waals surface area contributed by atoms with Crippen LogP contribution in [-0.2, 0) is 6.54 Å². The minimum absolute atomic E-state index is 0.503. The van der Waals surface area contributed by atoms with Gasteiger partial charge in [-0.2, -0.15) is 0 Å². The molecule has 0 spiro atoms. The van der Waals surface area contributed by atoms with Crippen LogP contribution in [0.15, 0.2) is 15.9 Å². The topological polar surface area (TPSA) is 24.1 Å². The standard InChI is InChI=1S/C13H21BrN2S/c1-2-3-13(4-5-15-9-13)10-16-7-12-6-11(14)8-17-12/h6,8,15-16H,2-5,7,9-10H2,1H3. The second-order valence-corrected chi connectivity index (χ2v) is 6.92. The monoisotopic (exact) mass is 316 g/mol. The van der Waals surface area contributed by atoms with E-state index in [1.54, 1.807) is 0 Å². The van der Waals surface area contributed by atoms with E-state index in [-0.39, 0.29) is 0 Å². The van der Waals surface area contributed by atoms with Crippen LogP contribution in [0.25, 0.3) is 0 Å². The van der Waals surface area contributed by atoms with Gasteiger partial charge in [0.25, 0.3) is 0 Å². The van der Waals surface area contributed by atoms with Gasteiger partial charge in [0.1, 0.15) is 0 Å². The molecule has 2 N–H and O–H groups in total. The van der Waals surface area contributed by atoms with Crippen molar-refractivity contribution in [1.29, 1.82) is 0 Å². The molecule has 0 radical (unpaired) electrons. The maximum absolute atomic E-state index is 3.63. The third kappa shape index (κ3) is 3.78. The van der Waals surface area contributed by atoms with Crippen molar-refractivity contribution in [3.63, 3.8) is 0 Å². The van der Waals surface area contributed by atoms with Crippen molar-refractivity contribution in [3.8, 4) is 0 Å². The Labute approximate surface area is 116 Å². The van der Waals surface area contributed by atoms with Crippen molar-refractivity contribution >= 4 is 27.3 Å². The van der Waals surface area contributed by atoms with Crippen molar-refractivity contribution in [1.82, 2.24) is 10.6 Å². The predicted octanol–water partition coefficient (Wildman–Crippen LogP) is 3.38. The SMILES string of the molecule is CCCC1(CNCc2cc(Br)cs2)CCNC1. The molecule has 1 aromatic rings. The van der Waals surface area contributed by atoms with Crippen LogP contribution in [0.1, 0.15) is 31.1 Å². The van der Waals surface area contributed by atoms with E-state index in [9.17, 15) is 0 Å². The summed E-state index contributed by atoms with van der Waals surface area (Å²) in [5.41, 5.74) is 0.503. The minimum Gasteiger partial charge on any atom is -0.316 e. The van der Waals surface area contributed by atoms with Gasteiger partial charge in [0.15, 0.2) is 0 Å². The molecule has 0 amide bonds. The first-order valence-corrected chi connectivity index (χ1v) is 8.06. The van der Waals surface area contributed by atoms with Gasteiger partial charge < -0.3 is 10.6 Å². The average Bonchev–Trinajstić information content (AvgIpc) is 2.90. The molecular formula is C13H21BrN2S. The molecule has 96 valence electrons. The van der Waals surface area contributed by atoms with E-state index in [0.29, 0.717) is 5.41 Å². The Bertz CT molecular complexity index is 345. The Hall–Kier alpha value is 0.1000. The summed E-state index contributed by atoms with van der Waals surface area (Å²) in [5, 5.41) is 9.29. The molecule has 2 nitrogen and oxygen atoms in total. The van der Waals surface area contributed by atoms with Gasteiger partial charge in [0.05, 0.1) is 0 Å². The first kappa shape index (κ1) is 13.5. The number of hydrogen-bond donors (Lipinski definition) is 2. The summed E-state index contributed by atoms with van der Waals surface area (Å²) in [5.74, 6) is 0. The molecule has 17 heavy (non-hydrogen) atoms. The molecule has 1 saturated heterocycles. The van der Waals surface area contributed by atoms with Gasteiger partial charge >= 0.3 is 0 Å². The highest BCUT2D eigenvalue weighted by Gasteiger charge is 2.32. The summed E-state index contributed by atoms with van der Waals surface area (Å²) >= 11 is 5.32. The fourth-order valence-electron chi connectivity index (χ4n) is 2.68. The molecule has 2 rings (SSSR count). The van der Waals surface area contributed by atoms with E-state index < -0.39 is 0 Å². The summed E-state index contributed by atoms with van der Waals surface area (Å²) < 4.78 is 1.20. The molecule has 1 aliphatic heterocycles. The van der Waals surface area contributed by atoms with Crippen LogP contribution in [0.4, 0.5) is 0 Å². The number of thiophene rings is 1. The molecular weight excluding hydrogens is 296 g/mol. The Morgan fingerprint density at radius 3 is 3.06 bits per heavy atom. The number of halogens is 1. The van der Waals surface area contributed by atoms with Gasteiger partial charge in [-0.05, 0) is 46.8 Å². The van der Waals surface area contributed by atoms with Gasteiger partial charge in [0, 0.05) is 34.4 Å². The first-order chi connectivity index (χ1) is 8.24. The maximum atomic E-state index is 3.63. The van der Waals surface area contributed by atoms with Gasteiger partial charge in [-0.1, -0.05) is 13.3 Å². The average molecular weight is 317 g/mol. The quantitative estimate of drug-likeness (QED) is 0.840. The molecule has 1 atom stereocenters. The highest BCUT2D eigenvalue weighted by Crippen LogP contribution is 2.30. The Morgan fingerprint density at radius 2 is 2.47 bits per heavy atom. The zero-order chi connectivity index (χ0) is 12.1. The lowest BCUT2D eigenvalue weighted by Crippen LogP contribution is -2.35. The predicted molar refractivity (Wildman–Crippen MR) is 78.6 cm³/mol. The summed E-state index contributed by atoms with van der Waals surface area (Å²) in [7, 11) is 0. The Morgan fingerprint density at radius 1 is 1.59 bits per heavy atom. The normalized spacial score (nSPS) is 24.4. The third-order valence-corrected chi connectivity index (χ3v) is 5.23. The fourth-order valence-corrected chi connectivity index (χ4v) is 4.10. The molecule has 0 aromatic carbocycles. The van der Waals surface area contributed by atoms with Crippen LogP contribution in [0.2, 0.25) is 0 Å². The zero-order valence-electron chi connectivity index (χ0n) is 10.4. The third-order valence-electron chi connectivity index (χ3n) is 3.53. The Balaban J connectivity index is 1.79. The Kier molecular flexibility index (Phi) is 5.03. The van der Waals surface area contributed by atoms with Crippen LogP contribution in [-0.4, -0.2) is 19.6 Å². The molecule has 1 aliphatic rings. The van der Waals surface area contributed by atoms with Crippen LogP contribution in [0, 0.1) is 5.41 Å². The molecule has 1 aromatic heterocycles. The molecule has 1 fully saturated rings. The van der Waals surface area contributed by atoms with E-state index in [1.807, 2.05) is 11.3 Å². The summed E-state index contributed by atoms with van der Waals surface area (Å²) in [6.07, 6.45) is 3.94. The largest absolute Gasteiger partial charge is 0.316 e. The number of nitrogens with one attached hydrogen (secondary N) is 2. The van der Waals surface area contributed by atoms with Crippen LogP contribution < -0.4 is 10.6 Å². The highest BCUT2D eigenvalue weighted by atomic mass is 79.9. The second kappa shape index (κ2) is 6.32. The van der Waals surface area contributed by atoms with Crippen LogP contribution in [0.3, 0.4) is 0 Å². The summed E-state index contributed by atoms with van der Waals surface area (Å²) in [4.78, 5) is 1.41. The van der Waals surface area contributed by atoms with E-state index >= 15 is 0 Å². The van der Waals surface area contributed by atoms with Gasteiger partial charge in [0.2, 0.25) is 0 Å². The molecule has 1 unspecified atom stereocenters. The van der Waals surface area contributed by atoms with E-state index in [4.69, 9.17) is 0 Å². The van der Waals surface area contributed by atoms with Crippen molar-refractivity contribution in [2.75, 3.05) is 19.6 Å². The molecule has 4 heteroatoms. The lowest BCUT2D eigenvalue weighted by molar-refractivity contribution is 0.276. The lowest BCUT2D eigenvalue weighted by atomic mass is 9.82. The maximum Gasteiger partial charge on any atom is 0.0300 e. The minimum atomic E-state index is 0.503. The van der Waals surface area contributed by atoms with E-state index in [1.165, 1.54) is 41.7 Å². The first-order valence-electron chi connectivity index (χ1n) is 6.38. The van der Waals surface area contributed by atoms with Crippen LogP contribution in [0.5, 0.6) is 0 Å². The summed E-state index contributed by atoms with van der Waals surface area (Å²) in [6, 6.07) is 2.21. The molecule has 2 heterocycles. The van der Waals surface area contributed by atoms with E-state index in [2.05, 4.69) is 44.9 Å². The highest BCUT2D eigenvalue weighted by molar-refractivity contribution is 9.10. The number of rotatable bonds is 6. The van der Waals surface area contributed by atoms with Crippen LogP contribution >= 0.6 is 27.3 Å². The van der Waals surface area contributed by atoms with Gasteiger partial charge in [-0.3, -0.25) is 0 Å². The summed E-state index contributed by atoms with van der Waals surface area (Å²) in [6.45, 7) is 6.80. The van der Waals surface area contributed by atoms with E-state index in [0.717, 1.165) is 13.1 Å². The number of hydrogen-bond acceptors (Lipinski definition) is 3. The lowest BCUT2D eigenvalue weighted by Gasteiger charge is -2.28. The van der Waals surface area contributed by atoms with Crippen molar-refractivity contribution in [3.05, 3.63) is 20.8 Å². The van der Waals surface area contributed by atoms with Gasteiger partial charge in [-0.25, -0.2) is 0 Å².